The van der Waals surface area contributed by atoms with Gasteiger partial charge in [0.25, 0.3) is 0 Å². The lowest BCUT2D eigenvalue weighted by Gasteiger charge is -2.23. The minimum atomic E-state index is -0.0242. The fourth-order valence-corrected chi connectivity index (χ4v) is 7.59. The summed E-state index contributed by atoms with van der Waals surface area (Å²) in [6.45, 7) is 0. The summed E-state index contributed by atoms with van der Waals surface area (Å²) < 4.78 is 7.97. The van der Waals surface area contributed by atoms with E-state index in [9.17, 15) is 0 Å². The first-order valence-electron chi connectivity index (χ1n) is 17.3. The van der Waals surface area contributed by atoms with Gasteiger partial charge in [-0.25, -0.2) is 15.0 Å². The molecule has 232 valence electrons. The van der Waals surface area contributed by atoms with Crippen molar-refractivity contribution in [2.45, 2.75) is 0 Å². The Bertz CT molecular complexity index is 3090. The number of furan rings is 1. The summed E-state index contributed by atoms with van der Waals surface area (Å²) in [6.07, 6.45) is 0. The van der Waals surface area contributed by atoms with Crippen LogP contribution in [0.5, 0.6) is 0 Å². The molecule has 0 N–H and O–H groups in total. The van der Waals surface area contributed by atoms with E-state index >= 15 is 0 Å². The maximum atomic E-state index is 7.12. The van der Waals surface area contributed by atoms with Crippen LogP contribution in [-0.4, -0.2) is 122 Å². The van der Waals surface area contributed by atoms with Gasteiger partial charge in [-0.3, -0.25) is 0 Å². The fraction of sp³-hybridized carbons (Fsp3) is 0. The Labute approximate surface area is 345 Å². The van der Waals surface area contributed by atoms with Crippen LogP contribution in [0.3, 0.4) is 0 Å². The third-order valence-electron chi connectivity index (χ3n) is 10.5. The first kappa shape index (κ1) is 37.4. The molecule has 9 aromatic rings. The van der Waals surface area contributed by atoms with Crippen LogP contribution >= 0.6 is 0 Å². The number of rotatable bonds is 4. The summed E-state index contributed by atoms with van der Waals surface area (Å²) in [6, 6.07) is 20.6. The predicted molar refractivity (Wildman–Crippen MR) is 248 cm³/mol. The lowest BCUT2D eigenvalue weighted by atomic mass is 9.63. The highest BCUT2D eigenvalue weighted by molar-refractivity contribution is 6.72. The molecule has 0 unspecified atom stereocenters. The second kappa shape index (κ2) is 13.4. The van der Waals surface area contributed by atoms with Crippen molar-refractivity contribution in [2.24, 2.45) is 0 Å². The summed E-state index contributed by atoms with van der Waals surface area (Å²) in [5.74, 6) is 1.02. The molecule has 0 aliphatic rings. The molecule has 0 aliphatic carbocycles. The van der Waals surface area contributed by atoms with Gasteiger partial charge in [0.15, 0.2) is 17.5 Å². The molecule has 26 radical (unpaired) electrons. The van der Waals surface area contributed by atoms with Gasteiger partial charge in [-0.1, -0.05) is 110 Å². The average molecular weight is 692 g/mol. The van der Waals surface area contributed by atoms with Crippen LogP contribution in [0, 0.1) is 0 Å². The zero-order valence-corrected chi connectivity index (χ0v) is 30.1. The van der Waals surface area contributed by atoms with E-state index in [0.29, 0.717) is 38.8 Å². The van der Waals surface area contributed by atoms with E-state index in [2.05, 4.69) is 0 Å². The lowest BCUT2D eigenvalue weighted by Crippen LogP contribution is -2.49. The van der Waals surface area contributed by atoms with Crippen LogP contribution in [0.15, 0.2) is 71.1 Å². The van der Waals surface area contributed by atoms with E-state index in [1.54, 1.807) is 10.6 Å². The molecule has 0 saturated carbocycles. The third-order valence-corrected chi connectivity index (χ3v) is 10.5. The molecule has 0 aliphatic heterocycles. The molecule has 57 heavy (non-hydrogen) atoms. The van der Waals surface area contributed by atoms with Gasteiger partial charge in [0.05, 0.1) is 0 Å². The van der Waals surface area contributed by atoms with Crippen LogP contribution in [-0.2, 0) is 0 Å². The molecule has 3 heterocycles. The van der Waals surface area contributed by atoms with Crippen molar-refractivity contribution in [1.29, 1.82) is 0 Å². The van der Waals surface area contributed by atoms with Gasteiger partial charge in [0, 0.05) is 44.2 Å². The SMILES string of the molecule is [B]c1cc2c(oc3c([B])c([B])c(-n4c5c([B])c([B])c([B])c([B])c5c5c([B])c([B])c([B])c([B])c54)c([B])c32)c([B])c1-c1nc(-c2ccccc2)nc(-c2ccccc2)n1. The van der Waals surface area contributed by atoms with Crippen LogP contribution < -0.4 is 71.0 Å². The van der Waals surface area contributed by atoms with E-state index in [1.807, 2.05) is 60.7 Å². The molecule has 0 fully saturated rings. The topological polar surface area (TPSA) is 56.7 Å². The smallest absolute Gasteiger partial charge is 0.164 e. The molecule has 9 rings (SSSR count). The second-order valence-electron chi connectivity index (χ2n) is 13.7. The molecular formula is C39H11B13N4O. The Hall–Kier alpha value is -5.23. The Morgan fingerprint density at radius 2 is 0.860 bits per heavy atom. The molecule has 0 atom stereocenters. The van der Waals surface area contributed by atoms with Gasteiger partial charge < -0.3 is 8.98 Å². The van der Waals surface area contributed by atoms with E-state index in [-0.39, 0.29) is 105 Å². The quantitative estimate of drug-likeness (QED) is 0.173. The Morgan fingerprint density at radius 1 is 0.404 bits per heavy atom. The second-order valence-corrected chi connectivity index (χ2v) is 13.7. The van der Waals surface area contributed by atoms with Crippen molar-refractivity contribution >= 4 is 217 Å². The molecule has 0 saturated heterocycles. The maximum Gasteiger partial charge on any atom is 0.164 e. The summed E-state index contributed by atoms with van der Waals surface area (Å²) in [5.41, 5.74) is 3.31. The molecule has 0 spiro atoms. The number of benzene rings is 6. The van der Waals surface area contributed by atoms with Crippen molar-refractivity contribution in [3.05, 3.63) is 66.7 Å². The van der Waals surface area contributed by atoms with Crippen LogP contribution in [0.4, 0.5) is 0 Å². The number of hydrogen-bond acceptors (Lipinski definition) is 4. The normalized spacial score (nSPS) is 11.7. The third kappa shape index (κ3) is 5.31. The number of hydrogen-bond donors (Lipinski definition) is 0. The minimum Gasteiger partial charge on any atom is -0.457 e. The number of nitrogens with zero attached hydrogens (tertiary/aromatic N) is 4. The van der Waals surface area contributed by atoms with Crippen LogP contribution in [0.1, 0.15) is 0 Å². The Morgan fingerprint density at radius 3 is 1.35 bits per heavy atom. The molecule has 0 bridgehead atoms. The summed E-state index contributed by atoms with van der Waals surface area (Å²) >= 11 is 0. The fourth-order valence-electron chi connectivity index (χ4n) is 7.59. The van der Waals surface area contributed by atoms with Crippen LogP contribution in [0.2, 0.25) is 0 Å². The monoisotopic (exact) mass is 694 g/mol. The zero-order chi connectivity index (χ0) is 40.3. The van der Waals surface area contributed by atoms with Gasteiger partial charge in [-0.15, -0.1) is 21.9 Å². The zero-order valence-electron chi connectivity index (χ0n) is 30.1. The van der Waals surface area contributed by atoms with Gasteiger partial charge in [-0.05, 0) is 16.2 Å². The molecule has 3 aromatic heterocycles. The molecular weight excluding hydrogens is 681 g/mol. The molecule has 6 aromatic carbocycles. The first-order chi connectivity index (χ1) is 27.2. The van der Waals surface area contributed by atoms with Crippen molar-refractivity contribution in [1.82, 2.24) is 19.5 Å². The minimum absolute atomic E-state index is 0.000604. The van der Waals surface area contributed by atoms with Gasteiger partial charge in [0.2, 0.25) is 0 Å². The highest BCUT2D eigenvalue weighted by Gasteiger charge is 2.27. The molecule has 5 nitrogen and oxygen atoms in total. The molecule has 0 amide bonds. The predicted octanol–water partition coefficient (Wildman–Crippen LogP) is -5.81. The van der Waals surface area contributed by atoms with Crippen molar-refractivity contribution < 1.29 is 4.42 Å². The van der Waals surface area contributed by atoms with E-state index in [4.69, 9.17) is 121 Å². The van der Waals surface area contributed by atoms with Gasteiger partial charge in [0.1, 0.15) is 113 Å². The standard InChI is InChI=1S/C39H11B13N4O/c40-15-11-14-16-22(43)34(56-32-18(20(41)24(45)26(47)28(32)49)19-21(42)25(46)27(48)29(50)33(19)56)30(51)31(52)36(16)57-35(14)23(44)17(15)39-54-37(12-7-3-1-4-8-12)53-38(55-39)13-9-5-2-6-10-13/h1-11H. The Balaban J connectivity index is 1.37. The van der Waals surface area contributed by atoms with Gasteiger partial charge >= 0.3 is 0 Å². The van der Waals surface area contributed by atoms with Crippen molar-refractivity contribution in [3.8, 4) is 39.9 Å². The highest BCUT2D eigenvalue weighted by atomic mass is 16.3. The summed E-state index contributed by atoms with van der Waals surface area (Å²) in [5, 5.41) is 1.31. The van der Waals surface area contributed by atoms with Crippen LogP contribution in [0.25, 0.3) is 83.6 Å². The summed E-state index contributed by atoms with van der Waals surface area (Å²) in [4.78, 5) is 14.4. The average Bonchev–Trinajstić information content (AvgIpc) is 3.78. The first-order valence-corrected chi connectivity index (χ1v) is 17.3. The number of aromatic nitrogens is 4. The molecule has 18 heteroatoms. The Kier molecular flexibility index (Phi) is 8.80. The summed E-state index contributed by atoms with van der Waals surface area (Å²) in [7, 11) is 86.6. The number of fused-ring (bicyclic) bond motifs is 6. The van der Waals surface area contributed by atoms with Gasteiger partial charge in [-0.2, -0.15) is 0 Å². The van der Waals surface area contributed by atoms with E-state index < -0.39 is 0 Å². The lowest BCUT2D eigenvalue weighted by molar-refractivity contribution is 0.674. The van der Waals surface area contributed by atoms with Crippen molar-refractivity contribution in [3.63, 3.8) is 0 Å². The van der Waals surface area contributed by atoms with E-state index in [0.717, 1.165) is 11.1 Å². The van der Waals surface area contributed by atoms with E-state index in [1.165, 1.54) is 0 Å². The van der Waals surface area contributed by atoms with Crippen molar-refractivity contribution in [2.75, 3.05) is 0 Å². The largest absolute Gasteiger partial charge is 0.457 e. The highest BCUT2D eigenvalue weighted by Crippen LogP contribution is 2.31. The maximum absolute atomic E-state index is 7.12.